The summed E-state index contributed by atoms with van der Waals surface area (Å²) in [6.07, 6.45) is -0.212. The topological polar surface area (TPSA) is 75.3 Å². The summed E-state index contributed by atoms with van der Waals surface area (Å²) in [5.74, 6) is -0.996. The van der Waals surface area contributed by atoms with E-state index in [-0.39, 0.29) is 35.0 Å². The van der Waals surface area contributed by atoms with Crippen molar-refractivity contribution in [2.45, 2.75) is 18.2 Å². The third-order valence-electron chi connectivity index (χ3n) is 3.47. The smallest absolute Gasteiger partial charge is 0.240 e. The average molecular weight is 385 g/mol. The second-order valence-corrected chi connectivity index (χ2v) is 7.61. The average Bonchev–Trinajstić information content (AvgIpc) is 2.56. The molecule has 5 nitrogen and oxygen atoms in total. The number of nitrogens with one attached hydrogen (secondary N) is 2. The van der Waals surface area contributed by atoms with Gasteiger partial charge in [0.15, 0.2) is 0 Å². The number of hydrogen-bond donors (Lipinski definition) is 2. The van der Waals surface area contributed by atoms with Crippen LogP contribution in [0.4, 0.5) is 4.39 Å². The molecule has 0 saturated carbocycles. The molecule has 0 bridgehead atoms. The first-order chi connectivity index (χ1) is 11.8. The van der Waals surface area contributed by atoms with Crippen LogP contribution < -0.4 is 10.0 Å². The van der Waals surface area contributed by atoms with Crippen LogP contribution in [0.1, 0.15) is 11.1 Å². The van der Waals surface area contributed by atoms with E-state index < -0.39 is 21.7 Å². The Bertz CT molecular complexity index is 834. The highest BCUT2D eigenvalue weighted by atomic mass is 35.5. The summed E-state index contributed by atoms with van der Waals surface area (Å²) in [5, 5.41) is 2.70. The normalized spacial score (nSPS) is 11.3. The van der Waals surface area contributed by atoms with Crippen molar-refractivity contribution in [3.8, 4) is 0 Å². The van der Waals surface area contributed by atoms with Crippen molar-refractivity contribution in [2.24, 2.45) is 0 Å². The number of carbonyl (C=O) groups excluding carboxylic acids is 1. The lowest BCUT2D eigenvalue weighted by molar-refractivity contribution is -0.120. The van der Waals surface area contributed by atoms with Gasteiger partial charge < -0.3 is 5.32 Å². The second kappa shape index (κ2) is 8.42. The van der Waals surface area contributed by atoms with Crippen LogP contribution >= 0.6 is 11.6 Å². The molecule has 0 aliphatic carbocycles. The van der Waals surface area contributed by atoms with Gasteiger partial charge in [-0.15, -0.1) is 0 Å². The molecule has 0 fully saturated rings. The minimum absolute atomic E-state index is 0.0208. The first-order valence-corrected chi connectivity index (χ1v) is 9.41. The van der Waals surface area contributed by atoms with Gasteiger partial charge in [-0.3, -0.25) is 4.79 Å². The number of amides is 1. The van der Waals surface area contributed by atoms with E-state index in [4.69, 9.17) is 11.6 Å². The van der Waals surface area contributed by atoms with Crippen LogP contribution in [0.2, 0.25) is 5.02 Å². The van der Waals surface area contributed by atoms with E-state index in [1.165, 1.54) is 30.3 Å². The number of hydrogen-bond acceptors (Lipinski definition) is 3. The molecule has 0 saturated heterocycles. The molecule has 2 aromatic rings. The molecule has 2 rings (SSSR count). The maximum absolute atomic E-state index is 13.6. The predicted molar refractivity (Wildman–Crippen MR) is 94.5 cm³/mol. The molecule has 0 radical (unpaired) electrons. The maximum atomic E-state index is 13.6. The van der Waals surface area contributed by atoms with Crippen molar-refractivity contribution in [2.75, 3.05) is 13.1 Å². The summed E-state index contributed by atoms with van der Waals surface area (Å²) in [6, 6.07) is 10.6. The summed E-state index contributed by atoms with van der Waals surface area (Å²) >= 11 is 5.86. The number of rotatable bonds is 7. The third-order valence-corrected chi connectivity index (χ3v) is 5.30. The van der Waals surface area contributed by atoms with E-state index >= 15 is 0 Å². The third kappa shape index (κ3) is 5.52. The molecule has 2 N–H and O–H groups in total. The Morgan fingerprint density at radius 3 is 2.44 bits per heavy atom. The fourth-order valence-electron chi connectivity index (χ4n) is 2.11. The van der Waals surface area contributed by atoms with Gasteiger partial charge in [-0.25, -0.2) is 17.5 Å². The van der Waals surface area contributed by atoms with Crippen molar-refractivity contribution in [3.05, 3.63) is 64.4 Å². The van der Waals surface area contributed by atoms with E-state index in [2.05, 4.69) is 10.0 Å². The fraction of sp³-hybridized carbons (Fsp3) is 0.235. The van der Waals surface area contributed by atoms with Crippen LogP contribution in [0.25, 0.3) is 0 Å². The Morgan fingerprint density at radius 1 is 1.12 bits per heavy atom. The van der Waals surface area contributed by atoms with Crippen molar-refractivity contribution in [1.82, 2.24) is 10.0 Å². The lowest BCUT2D eigenvalue weighted by atomic mass is 10.1. The fourth-order valence-corrected chi connectivity index (χ4v) is 3.37. The lowest BCUT2D eigenvalue weighted by Gasteiger charge is -2.09. The molecular formula is C17H18ClFN2O3S. The molecule has 0 atom stereocenters. The van der Waals surface area contributed by atoms with E-state index in [1.54, 1.807) is 12.1 Å². The van der Waals surface area contributed by atoms with Gasteiger partial charge in [-0.2, -0.15) is 0 Å². The monoisotopic (exact) mass is 384 g/mol. The molecule has 0 spiro atoms. The van der Waals surface area contributed by atoms with Crippen molar-refractivity contribution in [3.63, 3.8) is 0 Å². The predicted octanol–water partition coefficient (Wildman–Crippen LogP) is 2.42. The molecule has 1 amide bonds. The van der Waals surface area contributed by atoms with Crippen LogP contribution in [0, 0.1) is 12.7 Å². The Labute approximate surface area is 151 Å². The standard InChI is InChI=1S/C17H18ClFN2O3S/c1-12-5-7-13(8-6-12)25(23,24)21-10-9-20-17(22)11-14-15(18)3-2-4-16(14)19/h2-8,21H,9-11H2,1H3,(H,20,22). The van der Waals surface area contributed by atoms with Crippen molar-refractivity contribution in [1.29, 1.82) is 0 Å². The largest absolute Gasteiger partial charge is 0.354 e. The zero-order chi connectivity index (χ0) is 18.4. The lowest BCUT2D eigenvalue weighted by Crippen LogP contribution is -2.35. The number of aryl methyl sites for hydroxylation is 1. The van der Waals surface area contributed by atoms with Crippen LogP contribution in [-0.4, -0.2) is 27.4 Å². The van der Waals surface area contributed by atoms with Gasteiger partial charge in [-0.1, -0.05) is 35.4 Å². The summed E-state index contributed by atoms with van der Waals surface area (Å²) < 4.78 is 40.2. The highest BCUT2D eigenvalue weighted by Gasteiger charge is 2.14. The molecule has 134 valence electrons. The number of benzene rings is 2. The molecule has 0 aromatic heterocycles. The van der Waals surface area contributed by atoms with E-state index in [0.717, 1.165) is 5.56 Å². The Kier molecular flexibility index (Phi) is 6.52. The van der Waals surface area contributed by atoms with Gasteiger partial charge in [0.25, 0.3) is 0 Å². The minimum atomic E-state index is -3.63. The van der Waals surface area contributed by atoms with Gasteiger partial charge in [0.05, 0.1) is 11.3 Å². The van der Waals surface area contributed by atoms with E-state index in [1.807, 2.05) is 6.92 Å². The molecule has 0 aliphatic rings. The van der Waals surface area contributed by atoms with Crippen molar-refractivity contribution >= 4 is 27.5 Å². The van der Waals surface area contributed by atoms with Gasteiger partial charge in [0, 0.05) is 23.7 Å². The molecule has 2 aromatic carbocycles. The summed E-state index contributed by atoms with van der Waals surface area (Å²) in [6.45, 7) is 1.96. The SMILES string of the molecule is Cc1ccc(S(=O)(=O)NCCNC(=O)Cc2c(F)cccc2Cl)cc1. The van der Waals surface area contributed by atoms with E-state index in [0.29, 0.717) is 0 Å². The number of halogens is 2. The Balaban J connectivity index is 1.82. The van der Waals surface area contributed by atoms with Crippen LogP contribution in [-0.2, 0) is 21.2 Å². The molecule has 0 unspecified atom stereocenters. The second-order valence-electron chi connectivity index (χ2n) is 5.44. The molecule has 0 heterocycles. The first-order valence-electron chi connectivity index (χ1n) is 7.55. The zero-order valence-corrected chi connectivity index (χ0v) is 15.1. The Hall–Kier alpha value is -1.96. The molecule has 25 heavy (non-hydrogen) atoms. The highest BCUT2D eigenvalue weighted by Crippen LogP contribution is 2.19. The van der Waals surface area contributed by atoms with Crippen molar-refractivity contribution < 1.29 is 17.6 Å². The number of carbonyl (C=O) groups is 1. The first kappa shape index (κ1) is 19.4. The highest BCUT2D eigenvalue weighted by molar-refractivity contribution is 7.89. The van der Waals surface area contributed by atoms with Gasteiger partial charge in [-0.05, 0) is 31.2 Å². The summed E-state index contributed by atoms with van der Waals surface area (Å²) in [7, 11) is -3.63. The molecular weight excluding hydrogens is 367 g/mol. The number of sulfonamides is 1. The van der Waals surface area contributed by atoms with Crippen LogP contribution in [0.15, 0.2) is 47.4 Å². The van der Waals surface area contributed by atoms with Gasteiger partial charge >= 0.3 is 0 Å². The maximum Gasteiger partial charge on any atom is 0.240 e. The molecule has 0 aliphatic heterocycles. The minimum Gasteiger partial charge on any atom is -0.354 e. The van der Waals surface area contributed by atoms with Crippen LogP contribution in [0.5, 0.6) is 0 Å². The van der Waals surface area contributed by atoms with E-state index in [9.17, 15) is 17.6 Å². The molecule has 8 heteroatoms. The van der Waals surface area contributed by atoms with Gasteiger partial charge in [0.2, 0.25) is 15.9 Å². The zero-order valence-electron chi connectivity index (χ0n) is 13.6. The summed E-state index contributed by atoms with van der Waals surface area (Å²) in [5.41, 5.74) is 1.07. The Morgan fingerprint density at radius 2 is 1.80 bits per heavy atom. The van der Waals surface area contributed by atoms with Gasteiger partial charge in [0.1, 0.15) is 5.82 Å². The van der Waals surface area contributed by atoms with Crippen LogP contribution in [0.3, 0.4) is 0 Å². The quantitative estimate of drug-likeness (QED) is 0.720. The summed E-state index contributed by atoms with van der Waals surface area (Å²) in [4.78, 5) is 12.0.